The van der Waals surface area contributed by atoms with Crippen molar-refractivity contribution in [3.8, 4) is 0 Å². The zero-order chi connectivity index (χ0) is 17.2. The lowest BCUT2D eigenvalue weighted by Gasteiger charge is -2.21. The van der Waals surface area contributed by atoms with E-state index in [-0.39, 0.29) is 22.6 Å². The average molecular weight is 342 g/mol. The molecule has 0 aromatic heterocycles. The minimum absolute atomic E-state index is 0.0713. The highest BCUT2D eigenvalue weighted by molar-refractivity contribution is 7.90. The van der Waals surface area contributed by atoms with E-state index in [4.69, 9.17) is 5.73 Å². The van der Waals surface area contributed by atoms with Gasteiger partial charge in [0.1, 0.15) is 10.7 Å². The first-order valence-corrected chi connectivity index (χ1v) is 9.63. The van der Waals surface area contributed by atoms with Crippen LogP contribution < -0.4 is 11.1 Å². The van der Waals surface area contributed by atoms with E-state index in [9.17, 15) is 17.6 Å². The summed E-state index contributed by atoms with van der Waals surface area (Å²) in [4.78, 5) is 12.0. The Labute approximate surface area is 136 Å². The smallest absolute Gasteiger partial charge is 0.223 e. The van der Waals surface area contributed by atoms with Crippen molar-refractivity contribution in [1.29, 1.82) is 0 Å². The summed E-state index contributed by atoms with van der Waals surface area (Å²) in [7, 11) is -3.60. The minimum atomic E-state index is -3.60. The molecule has 0 heterocycles. The topological polar surface area (TPSA) is 89.3 Å². The second-order valence-corrected chi connectivity index (χ2v) is 8.21. The fourth-order valence-corrected chi connectivity index (χ4v) is 3.88. The number of nitrogens with one attached hydrogen (secondary N) is 1. The molecule has 1 amide bonds. The molecule has 0 radical (unpaired) electrons. The lowest BCUT2D eigenvalue weighted by atomic mass is 9.94. The maximum absolute atomic E-state index is 14.0. The quantitative estimate of drug-likeness (QED) is 0.853. The fourth-order valence-electron chi connectivity index (χ4n) is 3.16. The highest BCUT2D eigenvalue weighted by Gasteiger charge is 2.32. The Balaban J connectivity index is 2.10. The number of halogens is 1. The van der Waals surface area contributed by atoms with Gasteiger partial charge in [0.15, 0.2) is 9.84 Å². The third kappa shape index (κ3) is 4.09. The number of hydrogen-bond acceptors (Lipinski definition) is 4. The van der Waals surface area contributed by atoms with Crippen molar-refractivity contribution in [1.82, 2.24) is 5.32 Å². The number of hydrogen-bond donors (Lipinski definition) is 2. The summed E-state index contributed by atoms with van der Waals surface area (Å²) in [5.41, 5.74) is 6.23. The number of nitrogens with two attached hydrogens (primary N) is 1. The monoisotopic (exact) mass is 342 g/mol. The SMILES string of the molecule is CC(NC(=O)[C@@H]1CCC[C@@H]1CN)c1ccc(S(C)(=O)=O)c(F)c1. The fraction of sp³-hybridized carbons (Fsp3) is 0.562. The molecule has 0 saturated heterocycles. The third-order valence-electron chi connectivity index (χ3n) is 4.51. The first-order valence-electron chi connectivity index (χ1n) is 7.74. The van der Waals surface area contributed by atoms with Crippen LogP contribution >= 0.6 is 0 Å². The minimum Gasteiger partial charge on any atom is -0.349 e. The van der Waals surface area contributed by atoms with Crippen molar-refractivity contribution in [3.63, 3.8) is 0 Å². The van der Waals surface area contributed by atoms with E-state index < -0.39 is 21.7 Å². The molecule has 23 heavy (non-hydrogen) atoms. The molecule has 1 fully saturated rings. The highest BCUT2D eigenvalue weighted by Crippen LogP contribution is 2.31. The number of carbonyl (C=O) groups excluding carboxylic acids is 1. The molecule has 3 N–H and O–H groups in total. The van der Waals surface area contributed by atoms with Gasteiger partial charge in [0.2, 0.25) is 5.91 Å². The molecule has 1 aliphatic carbocycles. The van der Waals surface area contributed by atoms with Gasteiger partial charge in [0.25, 0.3) is 0 Å². The maximum Gasteiger partial charge on any atom is 0.223 e. The molecular weight excluding hydrogens is 319 g/mol. The van der Waals surface area contributed by atoms with E-state index in [1.807, 2.05) is 0 Å². The van der Waals surface area contributed by atoms with Gasteiger partial charge in [0, 0.05) is 12.2 Å². The molecule has 1 aromatic rings. The van der Waals surface area contributed by atoms with Crippen LogP contribution in [0.15, 0.2) is 23.1 Å². The first kappa shape index (κ1) is 17.9. The van der Waals surface area contributed by atoms with Crippen molar-refractivity contribution in [2.45, 2.75) is 37.1 Å². The Morgan fingerprint density at radius 3 is 2.70 bits per heavy atom. The van der Waals surface area contributed by atoms with Crippen molar-refractivity contribution >= 4 is 15.7 Å². The maximum atomic E-state index is 14.0. The van der Waals surface area contributed by atoms with E-state index in [1.165, 1.54) is 12.1 Å². The van der Waals surface area contributed by atoms with Crippen LogP contribution in [0, 0.1) is 17.7 Å². The molecule has 128 valence electrons. The van der Waals surface area contributed by atoms with Crippen molar-refractivity contribution in [3.05, 3.63) is 29.6 Å². The predicted octanol–water partition coefficient (Wildman–Crippen LogP) is 1.78. The molecule has 1 unspecified atom stereocenters. The molecule has 0 bridgehead atoms. The summed E-state index contributed by atoms with van der Waals surface area (Å²) in [6.45, 7) is 2.24. The average Bonchev–Trinajstić information content (AvgIpc) is 2.94. The Bertz CT molecular complexity index is 691. The Morgan fingerprint density at radius 2 is 2.13 bits per heavy atom. The molecule has 1 aliphatic rings. The lowest BCUT2D eigenvalue weighted by molar-refractivity contribution is -0.126. The van der Waals surface area contributed by atoms with Crippen molar-refractivity contribution in [2.24, 2.45) is 17.6 Å². The second-order valence-electron chi connectivity index (χ2n) is 6.23. The number of rotatable bonds is 5. The van der Waals surface area contributed by atoms with Crippen molar-refractivity contribution in [2.75, 3.05) is 12.8 Å². The van der Waals surface area contributed by atoms with Crippen LogP contribution in [0.3, 0.4) is 0 Å². The molecule has 7 heteroatoms. The van der Waals surface area contributed by atoms with E-state index in [0.29, 0.717) is 12.1 Å². The highest BCUT2D eigenvalue weighted by atomic mass is 32.2. The molecule has 0 aliphatic heterocycles. The summed E-state index contributed by atoms with van der Waals surface area (Å²) < 4.78 is 36.8. The summed E-state index contributed by atoms with van der Waals surface area (Å²) in [6, 6.07) is 3.53. The van der Waals surface area contributed by atoms with Gasteiger partial charge in [-0.15, -0.1) is 0 Å². The Hall–Kier alpha value is -1.47. The number of sulfone groups is 1. The van der Waals surface area contributed by atoms with Crippen LogP contribution in [-0.2, 0) is 14.6 Å². The van der Waals surface area contributed by atoms with Gasteiger partial charge in [-0.2, -0.15) is 0 Å². The zero-order valence-electron chi connectivity index (χ0n) is 13.4. The van der Waals surface area contributed by atoms with Crippen LogP contribution in [0.4, 0.5) is 4.39 Å². The van der Waals surface area contributed by atoms with Gasteiger partial charge in [0.05, 0.1) is 6.04 Å². The standard InChI is InChI=1S/C16H23FN2O3S/c1-10(19-16(20)13-5-3-4-12(13)9-18)11-6-7-15(14(17)8-11)23(2,21)22/h6-8,10,12-13H,3-5,9,18H2,1-2H3,(H,19,20)/t10?,12-,13-/m1/s1. The number of amides is 1. The summed E-state index contributed by atoms with van der Waals surface area (Å²) in [5.74, 6) is -0.765. The molecule has 0 spiro atoms. The summed E-state index contributed by atoms with van der Waals surface area (Å²) >= 11 is 0. The van der Waals surface area contributed by atoms with Crippen LogP contribution in [0.5, 0.6) is 0 Å². The molecule has 5 nitrogen and oxygen atoms in total. The molecule has 2 rings (SSSR count). The summed E-state index contributed by atoms with van der Waals surface area (Å²) in [5, 5.41) is 2.88. The molecule has 1 saturated carbocycles. The second kappa shape index (κ2) is 6.97. The number of benzene rings is 1. The van der Waals surface area contributed by atoms with E-state index in [2.05, 4.69) is 5.32 Å². The summed E-state index contributed by atoms with van der Waals surface area (Å²) in [6.07, 6.45) is 3.73. The Morgan fingerprint density at radius 1 is 1.43 bits per heavy atom. The van der Waals surface area contributed by atoms with Gasteiger partial charge in [-0.05, 0) is 49.9 Å². The van der Waals surface area contributed by atoms with Crippen LogP contribution in [0.2, 0.25) is 0 Å². The van der Waals surface area contributed by atoms with Gasteiger partial charge in [-0.25, -0.2) is 12.8 Å². The van der Waals surface area contributed by atoms with Gasteiger partial charge >= 0.3 is 0 Å². The normalized spacial score (nSPS) is 22.8. The van der Waals surface area contributed by atoms with Gasteiger partial charge in [-0.1, -0.05) is 12.5 Å². The molecular formula is C16H23FN2O3S. The van der Waals surface area contributed by atoms with Crippen LogP contribution in [0.1, 0.15) is 37.8 Å². The predicted molar refractivity (Wildman–Crippen MR) is 86.0 cm³/mol. The Kier molecular flexibility index (Phi) is 5.41. The number of carbonyl (C=O) groups is 1. The zero-order valence-corrected chi connectivity index (χ0v) is 14.2. The largest absolute Gasteiger partial charge is 0.349 e. The van der Waals surface area contributed by atoms with E-state index >= 15 is 0 Å². The van der Waals surface area contributed by atoms with Crippen LogP contribution in [-0.4, -0.2) is 27.1 Å². The van der Waals surface area contributed by atoms with Crippen LogP contribution in [0.25, 0.3) is 0 Å². The third-order valence-corrected chi connectivity index (χ3v) is 5.64. The van der Waals surface area contributed by atoms with E-state index in [1.54, 1.807) is 6.92 Å². The van der Waals surface area contributed by atoms with E-state index in [0.717, 1.165) is 31.6 Å². The first-order chi connectivity index (χ1) is 10.7. The molecule has 3 atom stereocenters. The van der Waals surface area contributed by atoms with Crippen molar-refractivity contribution < 1.29 is 17.6 Å². The molecule has 1 aromatic carbocycles. The lowest BCUT2D eigenvalue weighted by Crippen LogP contribution is -2.36. The van der Waals surface area contributed by atoms with Gasteiger partial charge < -0.3 is 11.1 Å². The van der Waals surface area contributed by atoms with Gasteiger partial charge in [-0.3, -0.25) is 4.79 Å².